The predicted octanol–water partition coefficient (Wildman–Crippen LogP) is 2.21. The Hall–Kier alpha value is -1.35. The van der Waals surface area contributed by atoms with Crippen LogP contribution in [-0.4, -0.2) is 29.7 Å². The van der Waals surface area contributed by atoms with Gasteiger partial charge in [0.15, 0.2) is 0 Å². The van der Waals surface area contributed by atoms with Gasteiger partial charge in [0.05, 0.1) is 12.0 Å². The van der Waals surface area contributed by atoms with Crippen molar-refractivity contribution < 1.29 is 9.53 Å². The second kappa shape index (κ2) is 3.82. The highest BCUT2D eigenvalue weighted by Crippen LogP contribution is 2.47. The summed E-state index contributed by atoms with van der Waals surface area (Å²) in [5.74, 6) is 0.242. The highest BCUT2D eigenvalue weighted by atomic mass is 16.5. The topological polar surface area (TPSA) is 29.5 Å². The maximum atomic E-state index is 12.6. The molecular weight excluding hydrogens is 226 g/mol. The molecule has 2 atom stereocenters. The first-order valence-corrected chi connectivity index (χ1v) is 6.54. The Kier molecular flexibility index (Phi) is 2.49. The molecule has 0 radical (unpaired) electrons. The van der Waals surface area contributed by atoms with E-state index in [9.17, 15) is 4.79 Å². The van der Waals surface area contributed by atoms with Crippen molar-refractivity contribution in [1.82, 2.24) is 4.90 Å². The van der Waals surface area contributed by atoms with Gasteiger partial charge in [-0.05, 0) is 18.9 Å². The summed E-state index contributed by atoms with van der Waals surface area (Å²) in [6, 6.07) is 10.2. The van der Waals surface area contributed by atoms with Gasteiger partial charge < -0.3 is 9.64 Å². The standard InChI is InChI=1S/C15H19NO2/c1-14(10-12-6-4-3-5-7-12)11-15(2)16(13(14)17)8-9-18-15/h3-7H,8-11H2,1-2H3/t14-,15-/m1/s1. The van der Waals surface area contributed by atoms with Gasteiger partial charge in [0, 0.05) is 13.0 Å². The molecule has 2 saturated heterocycles. The monoisotopic (exact) mass is 245 g/mol. The van der Waals surface area contributed by atoms with E-state index in [1.54, 1.807) is 0 Å². The Balaban J connectivity index is 1.86. The Morgan fingerprint density at radius 1 is 1.28 bits per heavy atom. The van der Waals surface area contributed by atoms with Crippen LogP contribution in [0.4, 0.5) is 0 Å². The Morgan fingerprint density at radius 3 is 2.67 bits per heavy atom. The lowest BCUT2D eigenvalue weighted by Crippen LogP contribution is -2.39. The third-order valence-electron chi connectivity index (χ3n) is 4.22. The highest BCUT2D eigenvalue weighted by molar-refractivity contribution is 5.86. The second-order valence-corrected chi connectivity index (χ2v) is 5.88. The number of hydrogen-bond donors (Lipinski definition) is 0. The molecule has 3 heteroatoms. The average Bonchev–Trinajstić information content (AvgIpc) is 2.77. The first-order valence-electron chi connectivity index (χ1n) is 6.54. The zero-order chi connectivity index (χ0) is 12.8. The SMILES string of the molecule is C[C@@]1(Cc2ccccc2)C[C@@]2(C)OCCN2C1=O. The summed E-state index contributed by atoms with van der Waals surface area (Å²) in [6.07, 6.45) is 1.58. The molecule has 3 rings (SSSR count). The molecule has 0 unspecified atom stereocenters. The second-order valence-electron chi connectivity index (χ2n) is 5.88. The zero-order valence-electron chi connectivity index (χ0n) is 11.0. The smallest absolute Gasteiger partial charge is 0.231 e. The van der Waals surface area contributed by atoms with Crippen LogP contribution in [0.25, 0.3) is 0 Å². The predicted molar refractivity (Wildman–Crippen MR) is 68.9 cm³/mol. The number of ether oxygens (including phenoxy) is 1. The van der Waals surface area contributed by atoms with E-state index in [0.717, 1.165) is 19.4 Å². The van der Waals surface area contributed by atoms with Crippen LogP contribution in [0.5, 0.6) is 0 Å². The van der Waals surface area contributed by atoms with Crippen molar-refractivity contribution in [3.8, 4) is 0 Å². The molecule has 1 aromatic rings. The number of fused-ring (bicyclic) bond motifs is 1. The molecule has 0 aromatic heterocycles. The van der Waals surface area contributed by atoms with E-state index in [4.69, 9.17) is 4.74 Å². The van der Waals surface area contributed by atoms with Crippen LogP contribution in [0.3, 0.4) is 0 Å². The molecule has 2 heterocycles. The summed E-state index contributed by atoms with van der Waals surface area (Å²) in [5.41, 5.74) is 0.523. The van der Waals surface area contributed by atoms with Gasteiger partial charge in [-0.1, -0.05) is 37.3 Å². The van der Waals surface area contributed by atoms with Crippen LogP contribution < -0.4 is 0 Å². The fourth-order valence-electron chi connectivity index (χ4n) is 3.44. The quantitative estimate of drug-likeness (QED) is 0.799. The molecule has 1 amide bonds. The normalized spacial score (nSPS) is 35.0. The van der Waals surface area contributed by atoms with Crippen molar-refractivity contribution in [3.05, 3.63) is 35.9 Å². The number of carbonyl (C=O) groups excluding carboxylic acids is 1. The minimum atomic E-state index is -0.374. The molecule has 96 valence electrons. The number of nitrogens with zero attached hydrogens (tertiary/aromatic N) is 1. The molecule has 0 saturated carbocycles. The van der Waals surface area contributed by atoms with Crippen LogP contribution in [0.1, 0.15) is 25.8 Å². The van der Waals surface area contributed by atoms with E-state index in [1.165, 1.54) is 5.56 Å². The first-order chi connectivity index (χ1) is 8.54. The van der Waals surface area contributed by atoms with Gasteiger partial charge >= 0.3 is 0 Å². The van der Waals surface area contributed by atoms with Crippen molar-refractivity contribution in [2.24, 2.45) is 5.41 Å². The third kappa shape index (κ3) is 1.65. The van der Waals surface area contributed by atoms with Gasteiger partial charge in [-0.15, -0.1) is 0 Å². The summed E-state index contributed by atoms with van der Waals surface area (Å²) in [6.45, 7) is 5.51. The van der Waals surface area contributed by atoms with Gasteiger partial charge in [-0.25, -0.2) is 0 Å². The van der Waals surface area contributed by atoms with Crippen LogP contribution in [0.15, 0.2) is 30.3 Å². The Morgan fingerprint density at radius 2 is 2.00 bits per heavy atom. The van der Waals surface area contributed by atoms with Crippen LogP contribution in [0, 0.1) is 5.41 Å². The zero-order valence-corrected chi connectivity index (χ0v) is 11.0. The maximum Gasteiger partial charge on any atom is 0.231 e. The van der Waals surface area contributed by atoms with Crippen LogP contribution in [0.2, 0.25) is 0 Å². The van der Waals surface area contributed by atoms with Crippen molar-refractivity contribution in [1.29, 1.82) is 0 Å². The van der Waals surface area contributed by atoms with Gasteiger partial charge in [-0.3, -0.25) is 4.79 Å². The van der Waals surface area contributed by atoms with Gasteiger partial charge in [0.1, 0.15) is 5.72 Å². The minimum Gasteiger partial charge on any atom is -0.354 e. The Bertz CT molecular complexity index is 473. The van der Waals surface area contributed by atoms with Crippen LogP contribution >= 0.6 is 0 Å². The molecule has 1 aromatic carbocycles. The maximum absolute atomic E-state index is 12.6. The van der Waals surface area contributed by atoms with E-state index in [-0.39, 0.29) is 17.0 Å². The fraction of sp³-hybridized carbons (Fsp3) is 0.533. The molecule has 0 spiro atoms. The lowest BCUT2D eigenvalue weighted by atomic mass is 9.80. The summed E-state index contributed by atoms with van der Waals surface area (Å²) in [4.78, 5) is 14.5. The lowest BCUT2D eigenvalue weighted by molar-refractivity contribution is -0.139. The number of carbonyl (C=O) groups is 1. The molecule has 2 aliphatic heterocycles. The van der Waals surface area contributed by atoms with Gasteiger partial charge in [-0.2, -0.15) is 0 Å². The van der Waals surface area contributed by atoms with E-state index in [0.29, 0.717) is 6.61 Å². The highest BCUT2D eigenvalue weighted by Gasteiger charge is 2.57. The first kappa shape index (κ1) is 11.7. The van der Waals surface area contributed by atoms with E-state index in [2.05, 4.69) is 19.1 Å². The van der Waals surface area contributed by atoms with Crippen molar-refractivity contribution in [3.63, 3.8) is 0 Å². The van der Waals surface area contributed by atoms with Crippen molar-refractivity contribution >= 4 is 5.91 Å². The molecular formula is C15H19NO2. The fourth-order valence-corrected chi connectivity index (χ4v) is 3.44. The van der Waals surface area contributed by atoms with E-state index < -0.39 is 0 Å². The molecule has 2 aliphatic rings. The van der Waals surface area contributed by atoms with Gasteiger partial charge in [0.2, 0.25) is 5.91 Å². The molecule has 2 fully saturated rings. The summed E-state index contributed by atoms with van der Waals surface area (Å²) in [5, 5.41) is 0. The van der Waals surface area contributed by atoms with Crippen LogP contribution in [-0.2, 0) is 16.0 Å². The minimum absolute atomic E-state index is 0.242. The molecule has 3 nitrogen and oxygen atoms in total. The summed E-state index contributed by atoms with van der Waals surface area (Å²) in [7, 11) is 0. The number of benzene rings is 1. The lowest BCUT2D eigenvalue weighted by Gasteiger charge is -2.25. The van der Waals surface area contributed by atoms with Gasteiger partial charge in [0.25, 0.3) is 0 Å². The van der Waals surface area contributed by atoms with Crippen molar-refractivity contribution in [2.75, 3.05) is 13.2 Å². The summed E-state index contributed by atoms with van der Waals surface area (Å²) >= 11 is 0. The molecule has 0 N–H and O–H groups in total. The summed E-state index contributed by atoms with van der Waals surface area (Å²) < 4.78 is 5.77. The number of rotatable bonds is 2. The number of hydrogen-bond acceptors (Lipinski definition) is 2. The average molecular weight is 245 g/mol. The number of amides is 1. The van der Waals surface area contributed by atoms with E-state index in [1.807, 2.05) is 30.0 Å². The van der Waals surface area contributed by atoms with Crippen molar-refractivity contribution in [2.45, 2.75) is 32.4 Å². The molecule has 0 bridgehead atoms. The third-order valence-corrected chi connectivity index (χ3v) is 4.22. The largest absolute Gasteiger partial charge is 0.354 e. The van der Waals surface area contributed by atoms with E-state index >= 15 is 0 Å². The Labute approximate surface area is 108 Å². The molecule has 18 heavy (non-hydrogen) atoms. The molecule has 0 aliphatic carbocycles.